The molecule has 0 spiro atoms. The van der Waals surface area contributed by atoms with Gasteiger partial charge in [0.05, 0.1) is 11.7 Å². The first kappa shape index (κ1) is 21.5. The van der Waals surface area contributed by atoms with Gasteiger partial charge in [-0.05, 0) is 68.4 Å². The zero-order chi connectivity index (χ0) is 20.9. The predicted molar refractivity (Wildman–Crippen MR) is 117 cm³/mol. The number of hydrogen-bond donors (Lipinski definition) is 1. The third-order valence-corrected chi connectivity index (χ3v) is 7.56. The second kappa shape index (κ2) is 9.55. The largest absolute Gasteiger partial charge is 0.326 e. The summed E-state index contributed by atoms with van der Waals surface area (Å²) in [5.74, 6) is -0.292. The molecule has 2 aromatic rings. The molecule has 1 atom stereocenters. The predicted octanol–water partition coefficient (Wildman–Crippen LogP) is 3.92. The number of nitrogens with zero attached hydrogens (tertiary/aromatic N) is 1. The molecule has 1 N–H and O–H groups in total. The Bertz CT molecular complexity index is 942. The van der Waals surface area contributed by atoms with E-state index >= 15 is 0 Å². The van der Waals surface area contributed by atoms with Gasteiger partial charge in [0.15, 0.2) is 0 Å². The molecule has 1 aliphatic rings. The first-order valence-corrected chi connectivity index (χ1v) is 11.9. The van der Waals surface area contributed by atoms with Crippen molar-refractivity contribution < 1.29 is 13.2 Å². The topological polar surface area (TPSA) is 66.5 Å². The molecule has 1 aliphatic heterocycles. The number of rotatable bonds is 7. The van der Waals surface area contributed by atoms with Crippen LogP contribution >= 0.6 is 0 Å². The van der Waals surface area contributed by atoms with Crippen LogP contribution in [-0.4, -0.2) is 37.5 Å². The molecule has 29 heavy (non-hydrogen) atoms. The van der Waals surface area contributed by atoms with Gasteiger partial charge in [0.2, 0.25) is 15.9 Å². The SMILES string of the molecule is Cc1ccc(NC(=O)[C@@H]2CCCN(S(=O)(=O)CCCc3ccccc3)C2)cc1C. The zero-order valence-corrected chi connectivity index (χ0v) is 18.0. The lowest BCUT2D eigenvalue weighted by Gasteiger charge is -2.31. The van der Waals surface area contributed by atoms with Crippen LogP contribution in [0.2, 0.25) is 0 Å². The van der Waals surface area contributed by atoms with Crippen LogP contribution in [0.5, 0.6) is 0 Å². The summed E-state index contributed by atoms with van der Waals surface area (Å²) in [5, 5.41) is 2.96. The number of carbonyl (C=O) groups excluding carboxylic acids is 1. The fourth-order valence-electron chi connectivity index (χ4n) is 3.71. The minimum atomic E-state index is -3.35. The standard InChI is InChI=1S/C23H30N2O3S/c1-18-12-13-22(16-19(18)2)24-23(26)21-11-6-14-25(17-21)29(27,28)15-7-10-20-8-4-3-5-9-20/h3-5,8-9,12-13,16,21H,6-7,10-11,14-15,17H2,1-2H3,(H,24,26)/t21-/m1/s1. The molecule has 2 aromatic carbocycles. The third-order valence-electron chi connectivity index (χ3n) is 5.63. The average molecular weight is 415 g/mol. The molecule has 0 aliphatic carbocycles. The highest BCUT2D eigenvalue weighted by Gasteiger charge is 2.32. The molecule has 1 heterocycles. The minimum absolute atomic E-state index is 0.0996. The molecule has 0 radical (unpaired) electrons. The smallest absolute Gasteiger partial charge is 0.228 e. The Morgan fingerprint density at radius 2 is 1.86 bits per heavy atom. The van der Waals surface area contributed by atoms with E-state index in [1.165, 1.54) is 9.87 Å². The molecule has 0 saturated carbocycles. The average Bonchev–Trinajstić information content (AvgIpc) is 2.71. The molecule has 5 nitrogen and oxygen atoms in total. The summed E-state index contributed by atoms with van der Waals surface area (Å²) < 4.78 is 27.1. The van der Waals surface area contributed by atoms with E-state index in [1.54, 1.807) is 0 Å². The number of carbonyl (C=O) groups is 1. The number of nitrogens with one attached hydrogen (secondary N) is 1. The minimum Gasteiger partial charge on any atom is -0.326 e. The third kappa shape index (κ3) is 5.90. The highest BCUT2D eigenvalue weighted by Crippen LogP contribution is 2.22. The molecule has 1 amide bonds. The van der Waals surface area contributed by atoms with E-state index < -0.39 is 10.0 Å². The zero-order valence-electron chi connectivity index (χ0n) is 17.2. The van der Waals surface area contributed by atoms with Gasteiger partial charge in [-0.25, -0.2) is 12.7 Å². The molecule has 0 aromatic heterocycles. The van der Waals surface area contributed by atoms with Crippen molar-refractivity contribution in [2.75, 3.05) is 24.2 Å². The van der Waals surface area contributed by atoms with Gasteiger partial charge >= 0.3 is 0 Å². The number of hydrogen-bond acceptors (Lipinski definition) is 3. The van der Waals surface area contributed by atoms with E-state index in [0.29, 0.717) is 25.8 Å². The summed E-state index contributed by atoms with van der Waals surface area (Å²) in [5.41, 5.74) is 4.20. The molecular weight excluding hydrogens is 384 g/mol. The lowest BCUT2D eigenvalue weighted by Crippen LogP contribution is -2.44. The molecule has 0 unspecified atom stereocenters. The quantitative estimate of drug-likeness (QED) is 0.747. The molecule has 3 rings (SSSR count). The van der Waals surface area contributed by atoms with E-state index in [-0.39, 0.29) is 24.1 Å². The van der Waals surface area contributed by atoms with Crippen molar-refractivity contribution in [2.24, 2.45) is 5.92 Å². The van der Waals surface area contributed by atoms with Crippen molar-refractivity contribution in [1.29, 1.82) is 0 Å². The summed E-state index contributed by atoms with van der Waals surface area (Å²) in [6, 6.07) is 15.7. The van der Waals surface area contributed by atoms with Gasteiger partial charge in [-0.3, -0.25) is 4.79 Å². The summed E-state index contributed by atoms with van der Waals surface area (Å²) in [6.45, 7) is 4.81. The number of anilines is 1. The first-order chi connectivity index (χ1) is 13.8. The summed E-state index contributed by atoms with van der Waals surface area (Å²) in [4.78, 5) is 12.7. The number of sulfonamides is 1. The van der Waals surface area contributed by atoms with Gasteiger partial charge in [0, 0.05) is 18.8 Å². The van der Waals surface area contributed by atoms with Gasteiger partial charge < -0.3 is 5.32 Å². The van der Waals surface area contributed by atoms with Crippen molar-refractivity contribution >= 4 is 21.6 Å². The van der Waals surface area contributed by atoms with Crippen molar-refractivity contribution in [1.82, 2.24) is 4.31 Å². The maximum absolute atomic E-state index is 12.8. The van der Waals surface area contributed by atoms with Crippen LogP contribution in [0.15, 0.2) is 48.5 Å². The number of benzene rings is 2. The van der Waals surface area contributed by atoms with E-state index in [1.807, 2.05) is 62.4 Å². The Morgan fingerprint density at radius 3 is 2.59 bits per heavy atom. The molecule has 1 fully saturated rings. The van der Waals surface area contributed by atoms with Crippen LogP contribution < -0.4 is 5.32 Å². The summed E-state index contributed by atoms with van der Waals surface area (Å²) in [6.07, 6.45) is 2.75. The van der Waals surface area contributed by atoms with Gasteiger partial charge in [0.1, 0.15) is 0 Å². The molecule has 6 heteroatoms. The van der Waals surface area contributed by atoms with Crippen LogP contribution in [0.25, 0.3) is 0 Å². The Balaban J connectivity index is 1.55. The van der Waals surface area contributed by atoms with E-state index in [9.17, 15) is 13.2 Å². The Labute approximate surface area is 174 Å². The Kier molecular flexibility index (Phi) is 7.09. The molecule has 156 valence electrons. The van der Waals surface area contributed by atoms with Crippen molar-refractivity contribution in [3.05, 3.63) is 65.2 Å². The highest BCUT2D eigenvalue weighted by atomic mass is 32.2. The molecular formula is C23H30N2O3S. The van der Waals surface area contributed by atoms with Crippen LogP contribution in [0, 0.1) is 19.8 Å². The Morgan fingerprint density at radius 1 is 1.10 bits per heavy atom. The molecule has 0 bridgehead atoms. The maximum Gasteiger partial charge on any atom is 0.228 e. The Hall–Kier alpha value is -2.18. The normalized spacial score (nSPS) is 17.8. The lowest BCUT2D eigenvalue weighted by molar-refractivity contribution is -0.120. The number of piperidine rings is 1. The van der Waals surface area contributed by atoms with E-state index in [4.69, 9.17) is 0 Å². The highest BCUT2D eigenvalue weighted by molar-refractivity contribution is 7.89. The van der Waals surface area contributed by atoms with Gasteiger partial charge in [-0.1, -0.05) is 36.4 Å². The maximum atomic E-state index is 12.8. The van der Waals surface area contributed by atoms with Crippen molar-refractivity contribution in [3.63, 3.8) is 0 Å². The van der Waals surface area contributed by atoms with Crippen molar-refractivity contribution in [2.45, 2.75) is 39.5 Å². The summed E-state index contributed by atoms with van der Waals surface area (Å²) >= 11 is 0. The van der Waals surface area contributed by atoms with Crippen LogP contribution in [0.1, 0.15) is 36.0 Å². The molecule has 1 saturated heterocycles. The van der Waals surface area contributed by atoms with E-state index in [2.05, 4.69) is 5.32 Å². The second-order valence-electron chi connectivity index (χ2n) is 7.89. The number of amides is 1. The lowest BCUT2D eigenvalue weighted by atomic mass is 9.98. The monoisotopic (exact) mass is 414 g/mol. The summed E-state index contributed by atoms with van der Waals surface area (Å²) in [7, 11) is -3.35. The first-order valence-electron chi connectivity index (χ1n) is 10.2. The van der Waals surface area contributed by atoms with Gasteiger partial charge in [-0.15, -0.1) is 0 Å². The van der Waals surface area contributed by atoms with Gasteiger partial charge in [0.25, 0.3) is 0 Å². The second-order valence-corrected chi connectivity index (χ2v) is 9.98. The fraction of sp³-hybridized carbons (Fsp3) is 0.435. The van der Waals surface area contributed by atoms with Crippen LogP contribution in [-0.2, 0) is 21.2 Å². The van der Waals surface area contributed by atoms with Crippen LogP contribution in [0.3, 0.4) is 0 Å². The fourth-order valence-corrected chi connectivity index (χ4v) is 5.29. The van der Waals surface area contributed by atoms with Crippen molar-refractivity contribution in [3.8, 4) is 0 Å². The van der Waals surface area contributed by atoms with Crippen LogP contribution in [0.4, 0.5) is 5.69 Å². The van der Waals surface area contributed by atoms with E-state index in [0.717, 1.165) is 23.2 Å². The van der Waals surface area contributed by atoms with Gasteiger partial charge in [-0.2, -0.15) is 0 Å². The number of aryl methyl sites for hydroxylation is 3.